The van der Waals surface area contributed by atoms with Crippen LogP contribution < -0.4 is 0 Å². The average Bonchev–Trinajstić information content (AvgIpc) is 2.73. The highest BCUT2D eigenvalue weighted by atomic mass is 14.7. The highest BCUT2D eigenvalue weighted by Gasteiger charge is 2.09. The van der Waals surface area contributed by atoms with Crippen LogP contribution >= 0.6 is 0 Å². The van der Waals surface area contributed by atoms with Gasteiger partial charge in [-0.05, 0) is 35.6 Å². The van der Waals surface area contributed by atoms with Gasteiger partial charge in [-0.15, -0.1) is 0 Å². The average molecular weight is 214 g/mol. The third-order valence-corrected chi connectivity index (χ3v) is 2.80. The molecular weight excluding hydrogens is 196 g/mol. The molecule has 0 aromatic carbocycles. The lowest BCUT2D eigenvalue weighted by atomic mass is 9.97. The quantitative estimate of drug-likeness (QED) is 0.833. The molecule has 0 saturated carbocycles. The number of aromatic amines is 1. The number of H-pyrrole nitrogens is 1. The monoisotopic (exact) mass is 214 g/mol. The first-order chi connectivity index (χ1) is 7.66. The van der Waals surface area contributed by atoms with Gasteiger partial charge in [0.05, 0.1) is 0 Å². The van der Waals surface area contributed by atoms with Crippen LogP contribution in [0.25, 0.3) is 0 Å². The summed E-state index contributed by atoms with van der Waals surface area (Å²) >= 11 is 0. The summed E-state index contributed by atoms with van der Waals surface area (Å²) in [6.45, 7) is 6.53. The van der Waals surface area contributed by atoms with Gasteiger partial charge in [0.25, 0.3) is 0 Å². The molecule has 0 unspecified atom stereocenters. The second kappa shape index (κ2) is 4.52. The molecule has 2 heterocycles. The molecule has 0 aliphatic carbocycles. The molecule has 0 fully saturated rings. The summed E-state index contributed by atoms with van der Waals surface area (Å²) in [4.78, 5) is 7.64. The number of aryl methyl sites for hydroxylation is 1. The fraction of sp³-hybridized carbons (Fsp3) is 0.357. The molecule has 1 N–H and O–H groups in total. The van der Waals surface area contributed by atoms with Gasteiger partial charge in [0, 0.05) is 30.7 Å². The second-order valence-corrected chi connectivity index (χ2v) is 4.60. The Hall–Kier alpha value is -1.57. The van der Waals surface area contributed by atoms with E-state index in [9.17, 15) is 0 Å². The molecule has 2 aromatic heterocycles. The Bertz CT molecular complexity index is 456. The van der Waals surface area contributed by atoms with E-state index in [1.54, 1.807) is 0 Å². The van der Waals surface area contributed by atoms with Crippen molar-refractivity contribution in [3.05, 3.63) is 53.1 Å². The van der Waals surface area contributed by atoms with Crippen LogP contribution in [0.15, 0.2) is 30.7 Å². The predicted octanol–water partition coefficient (Wildman–Crippen LogP) is 3.43. The van der Waals surface area contributed by atoms with Crippen LogP contribution in [0.3, 0.4) is 0 Å². The number of aromatic nitrogens is 2. The van der Waals surface area contributed by atoms with E-state index in [0.29, 0.717) is 5.92 Å². The van der Waals surface area contributed by atoms with Gasteiger partial charge < -0.3 is 4.98 Å². The largest absolute Gasteiger partial charge is 0.367 e. The number of pyridine rings is 1. The van der Waals surface area contributed by atoms with Gasteiger partial charge in [0.1, 0.15) is 0 Å². The Morgan fingerprint density at radius 1 is 1.38 bits per heavy atom. The number of nitrogens with zero attached hydrogens (tertiary/aromatic N) is 1. The van der Waals surface area contributed by atoms with Gasteiger partial charge in [0.2, 0.25) is 0 Å². The minimum atomic E-state index is 0.529. The Morgan fingerprint density at radius 3 is 2.81 bits per heavy atom. The van der Waals surface area contributed by atoms with E-state index < -0.39 is 0 Å². The minimum absolute atomic E-state index is 0.529. The van der Waals surface area contributed by atoms with E-state index in [0.717, 1.165) is 6.42 Å². The van der Waals surface area contributed by atoms with Crippen molar-refractivity contribution in [1.82, 2.24) is 9.97 Å². The zero-order valence-corrected chi connectivity index (χ0v) is 10.1. The van der Waals surface area contributed by atoms with Crippen molar-refractivity contribution in [2.45, 2.75) is 33.1 Å². The maximum absolute atomic E-state index is 4.56. The normalized spacial score (nSPS) is 11.0. The summed E-state index contributed by atoms with van der Waals surface area (Å²) < 4.78 is 0. The molecule has 0 radical (unpaired) electrons. The Balaban J connectivity index is 2.33. The lowest BCUT2D eigenvalue weighted by Gasteiger charge is -2.12. The van der Waals surface area contributed by atoms with Gasteiger partial charge in [-0.1, -0.05) is 19.9 Å². The first-order valence-electron chi connectivity index (χ1n) is 5.74. The van der Waals surface area contributed by atoms with Gasteiger partial charge in [-0.25, -0.2) is 0 Å². The van der Waals surface area contributed by atoms with Crippen molar-refractivity contribution >= 4 is 0 Å². The highest BCUT2D eigenvalue weighted by molar-refractivity contribution is 5.31. The molecule has 0 spiro atoms. The van der Waals surface area contributed by atoms with Crippen molar-refractivity contribution in [2.24, 2.45) is 0 Å². The SMILES string of the molecule is Cc1cnc(Cc2cc[nH]c2)c(C(C)C)c1. The van der Waals surface area contributed by atoms with Crippen molar-refractivity contribution in [1.29, 1.82) is 0 Å². The molecule has 0 bridgehead atoms. The van der Waals surface area contributed by atoms with Crippen LogP contribution in [-0.4, -0.2) is 9.97 Å². The van der Waals surface area contributed by atoms with Crippen LogP contribution in [0, 0.1) is 6.92 Å². The minimum Gasteiger partial charge on any atom is -0.367 e. The number of nitrogens with one attached hydrogen (secondary N) is 1. The van der Waals surface area contributed by atoms with Crippen LogP contribution in [0.2, 0.25) is 0 Å². The van der Waals surface area contributed by atoms with Crippen LogP contribution in [0.5, 0.6) is 0 Å². The Morgan fingerprint density at radius 2 is 2.19 bits per heavy atom. The molecule has 0 aliphatic rings. The zero-order chi connectivity index (χ0) is 11.5. The molecular formula is C14H18N2. The van der Waals surface area contributed by atoms with Gasteiger partial charge in [-0.3, -0.25) is 4.98 Å². The lowest BCUT2D eigenvalue weighted by Crippen LogP contribution is -2.01. The number of hydrogen-bond donors (Lipinski definition) is 1. The Kier molecular flexibility index (Phi) is 3.09. The molecule has 2 heteroatoms. The van der Waals surface area contributed by atoms with E-state index in [2.05, 4.69) is 42.9 Å². The second-order valence-electron chi connectivity index (χ2n) is 4.60. The maximum atomic E-state index is 4.56. The third-order valence-electron chi connectivity index (χ3n) is 2.80. The molecule has 2 rings (SSSR count). The number of rotatable bonds is 3. The van der Waals surface area contributed by atoms with E-state index in [1.165, 1.54) is 22.4 Å². The summed E-state index contributed by atoms with van der Waals surface area (Å²) in [7, 11) is 0. The smallest absolute Gasteiger partial charge is 0.0482 e. The molecule has 16 heavy (non-hydrogen) atoms. The summed E-state index contributed by atoms with van der Waals surface area (Å²) in [6.07, 6.45) is 6.86. The molecule has 0 atom stereocenters. The van der Waals surface area contributed by atoms with Crippen LogP contribution in [0.1, 0.15) is 42.1 Å². The molecule has 0 amide bonds. The van der Waals surface area contributed by atoms with Crippen LogP contribution in [0.4, 0.5) is 0 Å². The van der Waals surface area contributed by atoms with E-state index >= 15 is 0 Å². The zero-order valence-electron chi connectivity index (χ0n) is 10.1. The molecule has 2 nitrogen and oxygen atoms in total. The van der Waals surface area contributed by atoms with E-state index in [-0.39, 0.29) is 0 Å². The van der Waals surface area contributed by atoms with Gasteiger partial charge in [-0.2, -0.15) is 0 Å². The number of hydrogen-bond acceptors (Lipinski definition) is 1. The highest BCUT2D eigenvalue weighted by Crippen LogP contribution is 2.21. The lowest BCUT2D eigenvalue weighted by molar-refractivity contribution is 0.827. The first kappa shape index (κ1) is 10.9. The fourth-order valence-electron chi connectivity index (χ4n) is 1.93. The maximum Gasteiger partial charge on any atom is 0.0482 e. The van der Waals surface area contributed by atoms with Crippen molar-refractivity contribution in [3.8, 4) is 0 Å². The van der Waals surface area contributed by atoms with E-state index in [1.807, 2.05) is 18.6 Å². The van der Waals surface area contributed by atoms with Crippen molar-refractivity contribution in [3.63, 3.8) is 0 Å². The van der Waals surface area contributed by atoms with Crippen molar-refractivity contribution in [2.75, 3.05) is 0 Å². The summed E-state index contributed by atoms with van der Waals surface area (Å²) in [6, 6.07) is 4.35. The molecule has 0 aliphatic heterocycles. The molecule has 2 aromatic rings. The molecule has 84 valence electrons. The fourth-order valence-corrected chi connectivity index (χ4v) is 1.93. The van der Waals surface area contributed by atoms with E-state index in [4.69, 9.17) is 0 Å². The molecule has 0 saturated heterocycles. The Labute approximate surface area is 96.7 Å². The van der Waals surface area contributed by atoms with Gasteiger partial charge >= 0.3 is 0 Å². The first-order valence-corrected chi connectivity index (χ1v) is 5.74. The van der Waals surface area contributed by atoms with Gasteiger partial charge in [0.15, 0.2) is 0 Å². The summed E-state index contributed by atoms with van der Waals surface area (Å²) in [5.41, 5.74) is 5.08. The van der Waals surface area contributed by atoms with Crippen molar-refractivity contribution < 1.29 is 0 Å². The topological polar surface area (TPSA) is 28.7 Å². The summed E-state index contributed by atoms with van der Waals surface area (Å²) in [5.74, 6) is 0.529. The predicted molar refractivity (Wildman–Crippen MR) is 66.7 cm³/mol. The third kappa shape index (κ3) is 2.32. The van der Waals surface area contributed by atoms with Crippen LogP contribution in [-0.2, 0) is 6.42 Å². The standard InChI is InChI=1S/C14H18N2/c1-10(2)13-6-11(3)8-16-14(13)7-12-4-5-15-9-12/h4-6,8-10,15H,7H2,1-3H3. The summed E-state index contributed by atoms with van der Waals surface area (Å²) in [5, 5.41) is 0.